The molecule has 2 fully saturated rings. The van der Waals surface area contributed by atoms with Crippen molar-refractivity contribution in [3.63, 3.8) is 0 Å². The van der Waals surface area contributed by atoms with E-state index < -0.39 is 16.1 Å². The van der Waals surface area contributed by atoms with Crippen LogP contribution in [0.4, 0.5) is 5.69 Å². The van der Waals surface area contributed by atoms with Crippen molar-refractivity contribution in [1.29, 1.82) is 0 Å². The molecule has 0 radical (unpaired) electrons. The van der Waals surface area contributed by atoms with Crippen LogP contribution in [0.5, 0.6) is 5.75 Å². The number of hydrogen-bond donors (Lipinski definition) is 1. The molecule has 0 bridgehead atoms. The number of sulfonamides is 1. The molecule has 2 aromatic carbocycles. The van der Waals surface area contributed by atoms with Gasteiger partial charge in [0, 0.05) is 32.2 Å². The Morgan fingerprint density at radius 3 is 2.54 bits per heavy atom. The summed E-state index contributed by atoms with van der Waals surface area (Å²) in [6.45, 7) is 5.36. The number of ether oxygens (including phenoxy) is 1. The highest BCUT2D eigenvalue weighted by Crippen LogP contribution is 2.36. The number of nitrogens with zero attached hydrogens (tertiary/aromatic N) is 2. The van der Waals surface area contributed by atoms with E-state index in [-0.39, 0.29) is 29.2 Å². The minimum Gasteiger partial charge on any atom is -0.479 e. The Balaban J connectivity index is 1.24. The predicted octanol–water partition coefficient (Wildman–Crippen LogP) is 3.60. The molecule has 37 heavy (non-hydrogen) atoms. The quantitative estimate of drug-likeness (QED) is 0.644. The third-order valence-corrected chi connectivity index (χ3v) is 9.86. The van der Waals surface area contributed by atoms with Crippen molar-refractivity contribution in [3.8, 4) is 5.75 Å². The normalized spacial score (nSPS) is 23.2. The van der Waals surface area contributed by atoms with Gasteiger partial charge in [0.15, 0.2) is 6.10 Å². The summed E-state index contributed by atoms with van der Waals surface area (Å²) >= 11 is 0. The van der Waals surface area contributed by atoms with Gasteiger partial charge in [-0.05, 0) is 69.1 Å². The standard InChI is InChI=1S/C28H35N3O5S/c1-19-15-24-25(36-20(2)27(32)29-24)17-26(19)37(34,35)31-12-6-9-23(18-31)28(33)30-13-10-22(11-14-30)16-21-7-4-3-5-8-21/h3-5,7-8,15,17,20,22-23H,6,9-14,16,18H2,1-2H3,(H,29,32)/t20-,23-/m1/s1. The highest BCUT2D eigenvalue weighted by molar-refractivity contribution is 7.89. The van der Waals surface area contributed by atoms with Gasteiger partial charge in [-0.15, -0.1) is 0 Å². The summed E-state index contributed by atoms with van der Waals surface area (Å²) in [5, 5.41) is 2.76. The van der Waals surface area contributed by atoms with E-state index in [9.17, 15) is 18.0 Å². The maximum atomic E-state index is 13.7. The van der Waals surface area contributed by atoms with Gasteiger partial charge in [-0.2, -0.15) is 4.31 Å². The van der Waals surface area contributed by atoms with E-state index in [1.54, 1.807) is 19.9 Å². The molecule has 5 rings (SSSR count). The van der Waals surface area contributed by atoms with Gasteiger partial charge in [0.25, 0.3) is 5.91 Å². The van der Waals surface area contributed by atoms with Gasteiger partial charge in [-0.25, -0.2) is 8.42 Å². The second-order valence-corrected chi connectivity index (χ2v) is 12.4. The molecule has 3 heterocycles. The molecule has 0 aromatic heterocycles. The van der Waals surface area contributed by atoms with Crippen LogP contribution in [0.2, 0.25) is 0 Å². The average Bonchev–Trinajstić information content (AvgIpc) is 2.90. The van der Waals surface area contributed by atoms with Crippen LogP contribution in [0, 0.1) is 18.8 Å². The Morgan fingerprint density at radius 2 is 1.81 bits per heavy atom. The highest BCUT2D eigenvalue weighted by atomic mass is 32.2. The first kappa shape index (κ1) is 25.7. The maximum absolute atomic E-state index is 13.7. The third kappa shape index (κ3) is 5.38. The molecule has 0 spiro atoms. The molecule has 9 heteroatoms. The smallest absolute Gasteiger partial charge is 0.265 e. The lowest BCUT2D eigenvalue weighted by atomic mass is 9.89. The zero-order valence-electron chi connectivity index (χ0n) is 21.5. The van der Waals surface area contributed by atoms with Crippen molar-refractivity contribution in [1.82, 2.24) is 9.21 Å². The van der Waals surface area contributed by atoms with Crippen LogP contribution >= 0.6 is 0 Å². The molecule has 2 aromatic rings. The van der Waals surface area contributed by atoms with Crippen LogP contribution < -0.4 is 10.1 Å². The number of fused-ring (bicyclic) bond motifs is 1. The van der Waals surface area contributed by atoms with E-state index in [4.69, 9.17) is 4.74 Å². The summed E-state index contributed by atoms with van der Waals surface area (Å²) in [7, 11) is -3.83. The second-order valence-electron chi connectivity index (χ2n) is 10.5. The highest BCUT2D eigenvalue weighted by Gasteiger charge is 2.37. The Bertz CT molecular complexity index is 1270. The number of hydrogen-bond acceptors (Lipinski definition) is 5. The van der Waals surface area contributed by atoms with Crippen LogP contribution in [0.25, 0.3) is 0 Å². The number of aryl methyl sites for hydroxylation is 1. The van der Waals surface area contributed by atoms with E-state index in [0.717, 1.165) is 32.4 Å². The molecule has 1 N–H and O–H groups in total. The number of carbonyl (C=O) groups excluding carboxylic acids is 2. The first-order valence-electron chi connectivity index (χ1n) is 13.2. The van der Waals surface area contributed by atoms with Crippen LogP contribution in [-0.4, -0.2) is 61.7 Å². The van der Waals surface area contributed by atoms with E-state index in [1.807, 2.05) is 11.0 Å². The molecule has 198 valence electrons. The molecule has 8 nitrogen and oxygen atoms in total. The Kier molecular flexibility index (Phi) is 7.27. The number of likely N-dealkylation sites (tertiary alicyclic amines) is 1. The van der Waals surface area contributed by atoms with Crippen LogP contribution in [0.1, 0.15) is 43.7 Å². The SMILES string of the molecule is Cc1cc2c(cc1S(=O)(=O)N1CCC[C@@H](C(=O)N3CCC(Cc4ccccc4)CC3)C1)O[C@H](C)C(=O)N2. The molecule has 2 amide bonds. The fourth-order valence-electron chi connectivity index (χ4n) is 5.69. The van der Waals surface area contributed by atoms with Gasteiger partial charge < -0.3 is 15.0 Å². The van der Waals surface area contributed by atoms with Crippen molar-refractivity contribution in [3.05, 3.63) is 53.6 Å². The summed E-state index contributed by atoms with van der Waals surface area (Å²) in [5.74, 6) is 0.391. The van der Waals surface area contributed by atoms with Crippen LogP contribution in [-0.2, 0) is 26.0 Å². The molecule has 2 atom stereocenters. The first-order valence-corrected chi connectivity index (χ1v) is 14.6. The number of amides is 2. The van der Waals surface area contributed by atoms with Crippen molar-refractivity contribution >= 4 is 27.5 Å². The number of anilines is 1. The summed E-state index contributed by atoms with van der Waals surface area (Å²) in [6, 6.07) is 13.6. The first-order chi connectivity index (χ1) is 17.7. The Labute approximate surface area is 219 Å². The molecule has 0 aliphatic carbocycles. The van der Waals surface area contributed by atoms with Gasteiger partial charge in [-0.3, -0.25) is 9.59 Å². The fraction of sp³-hybridized carbons (Fsp3) is 0.500. The molecular formula is C28H35N3O5S. The molecule has 2 saturated heterocycles. The van der Waals surface area contributed by atoms with Crippen molar-refractivity contribution in [2.45, 2.75) is 57.0 Å². The fourth-order valence-corrected chi connectivity index (χ4v) is 7.43. The summed E-state index contributed by atoms with van der Waals surface area (Å²) in [4.78, 5) is 27.4. The van der Waals surface area contributed by atoms with Gasteiger partial charge in [0.2, 0.25) is 15.9 Å². The van der Waals surface area contributed by atoms with Gasteiger partial charge >= 0.3 is 0 Å². The average molecular weight is 526 g/mol. The predicted molar refractivity (Wildman–Crippen MR) is 141 cm³/mol. The molecular weight excluding hydrogens is 490 g/mol. The Hall–Kier alpha value is -2.91. The zero-order chi connectivity index (χ0) is 26.2. The molecule has 3 aliphatic rings. The lowest BCUT2D eigenvalue weighted by Crippen LogP contribution is -2.48. The van der Waals surface area contributed by atoms with E-state index in [1.165, 1.54) is 15.9 Å². The number of rotatable bonds is 5. The van der Waals surface area contributed by atoms with Gasteiger partial charge in [0.05, 0.1) is 16.5 Å². The van der Waals surface area contributed by atoms with Gasteiger partial charge in [-0.1, -0.05) is 30.3 Å². The van der Waals surface area contributed by atoms with Gasteiger partial charge in [0.1, 0.15) is 5.75 Å². The summed E-state index contributed by atoms with van der Waals surface area (Å²) in [6.07, 6.45) is 3.62. The lowest BCUT2D eigenvalue weighted by molar-refractivity contribution is -0.138. The zero-order valence-corrected chi connectivity index (χ0v) is 22.3. The van der Waals surface area contributed by atoms with Crippen LogP contribution in [0.3, 0.4) is 0 Å². The molecule has 0 saturated carbocycles. The summed E-state index contributed by atoms with van der Waals surface area (Å²) < 4.78 is 34.4. The monoisotopic (exact) mass is 525 g/mol. The second kappa shape index (κ2) is 10.5. The topological polar surface area (TPSA) is 96.0 Å². The van der Waals surface area contributed by atoms with Crippen molar-refractivity contribution in [2.75, 3.05) is 31.5 Å². The maximum Gasteiger partial charge on any atom is 0.265 e. The molecule has 0 unspecified atom stereocenters. The van der Waals surface area contributed by atoms with E-state index in [2.05, 4.69) is 29.6 Å². The van der Waals surface area contributed by atoms with E-state index in [0.29, 0.717) is 42.3 Å². The Morgan fingerprint density at radius 1 is 1.08 bits per heavy atom. The number of benzene rings is 2. The molecule has 3 aliphatic heterocycles. The number of piperidine rings is 2. The van der Waals surface area contributed by atoms with Crippen molar-refractivity contribution < 1.29 is 22.7 Å². The lowest BCUT2D eigenvalue weighted by Gasteiger charge is -2.37. The van der Waals surface area contributed by atoms with Crippen LogP contribution in [0.15, 0.2) is 47.4 Å². The van der Waals surface area contributed by atoms with Crippen molar-refractivity contribution in [2.24, 2.45) is 11.8 Å². The summed E-state index contributed by atoms with van der Waals surface area (Å²) in [5.41, 5.74) is 2.34. The largest absolute Gasteiger partial charge is 0.479 e. The minimum atomic E-state index is -3.83. The number of nitrogens with one attached hydrogen (secondary N) is 1. The number of carbonyl (C=O) groups is 2. The minimum absolute atomic E-state index is 0.0695. The third-order valence-electron chi connectivity index (χ3n) is 7.85. The van der Waals surface area contributed by atoms with E-state index >= 15 is 0 Å².